The SMILES string of the molecule is C[C@@H]1CN([C@@H](C)CO)C(=O)c2cc(C#CC3(O)CCCC3)cnc2O[C@H]1CN(C)S(=O)(=O)c1cccc(F)c1. The van der Waals surface area contributed by atoms with Crippen LogP contribution in [0, 0.1) is 23.6 Å². The number of pyridine rings is 1. The van der Waals surface area contributed by atoms with Gasteiger partial charge in [-0.3, -0.25) is 4.79 Å². The summed E-state index contributed by atoms with van der Waals surface area (Å²) >= 11 is 0. The highest BCUT2D eigenvalue weighted by Crippen LogP contribution is 2.30. The van der Waals surface area contributed by atoms with Gasteiger partial charge in [0.25, 0.3) is 5.91 Å². The third kappa shape index (κ3) is 6.41. The van der Waals surface area contributed by atoms with Gasteiger partial charge in [0.1, 0.15) is 23.1 Å². The summed E-state index contributed by atoms with van der Waals surface area (Å²) in [5.41, 5.74) is -0.493. The second-order valence-corrected chi connectivity index (χ2v) is 12.5. The molecule has 39 heavy (non-hydrogen) atoms. The van der Waals surface area contributed by atoms with E-state index in [9.17, 15) is 27.8 Å². The van der Waals surface area contributed by atoms with Gasteiger partial charge in [-0.05, 0) is 56.9 Å². The van der Waals surface area contributed by atoms with Crippen LogP contribution >= 0.6 is 0 Å². The van der Waals surface area contributed by atoms with Crippen LogP contribution in [0.1, 0.15) is 55.5 Å². The van der Waals surface area contributed by atoms with Gasteiger partial charge in [-0.25, -0.2) is 17.8 Å². The summed E-state index contributed by atoms with van der Waals surface area (Å²) in [6.07, 6.45) is 3.71. The highest BCUT2D eigenvalue weighted by Gasteiger charge is 2.36. The molecule has 0 radical (unpaired) electrons. The fourth-order valence-electron chi connectivity index (χ4n) is 4.82. The van der Waals surface area contributed by atoms with Crippen molar-refractivity contribution in [3.05, 3.63) is 53.5 Å². The Morgan fingerprint density at radius 1 is 1.31 bits per heavy atom. The molecule has 11 heteroatoms. The topological polar surface area (TPSA) is 120 Å². The summed E-state index contributed by atoms with van der Waals surface area (Å²) in [5.74, 6) is 4.45. The molecule has 4 rings (SSSR count). The predicted octanol–water partition coefficient (Wildman–Crippen LogP) is 2.42. The lowest BCUT2D eigenvalue weighted by molar-refractivity contribution is 0.0373. The minimum Gasteiger partial charge on any atom is -0.472 e. The van der Waals surface area contributed by atoms with E-state index in [1.807, 2.05) is 6.92 Å². The zero-order valence-corrected chi connectivity index (χ0v) is 23.1. The molecule has 2 N–H and O–H groups in total. The van der Waals surface area contributed by atoms with Gasteiger partial charge in [-0.15, -0.1) is 0 Å². The van der Waals surface area contributed by atoms with Gasteiger partial charge in [-0.1, -0.05) is 24.8 Å². The third-order valence-electron chi connectivity index (χ3n) is 7.33. The van der Waals surface area contributed by atoms with Crippen LogP contribution < -0.4 is 4.74 Å². The van der Waals surface area contributed by atoms with Gasteiger partial charge in [0, 0.05) is 31.3 Å². The van der Waals surface area contributed by atoms with Gasteiger partial charge in [-0.2, -0.15) is 4.31 Å². The molecule has 1 fully saturated rings. The van der Waals surface area contributed by atoms with Crippen molar-refractivity contribution < 1.29 is 32.6 Å². The molecule has 1 aliphatic heterocycles. The third-order valence-corrected chi connectivity index (χ3v) is 9.15. The lowest BCUT2D eigenvalue weighted by Gasteiger charge is -2.37. The molecule has 1 aromatic heterocycles. The Kier molecular flexibility index (Phi) is 8.61. The smallest absolute Gasteiger partial charge is 0.259 e. The van der Waals surface area contributed by atoms with Gasteiger partial charge < -0.3 is 19.8 Å². The number of rotatable bonds is 6. The summed E-state index contributed by atoms with van der Waals surface area (Å²) in [6, 6.07) is 5.81. The quantitative estimate of drug-likeness (QED) is 0.522. The summed E-state index contributed by atoms with van der Waals surface area (Å²) in [7, 11) is -2.64. The summed E-state index contributed by atoms with van der Waals surface area (Å²) in [4.78, 5) is 19.3. The number of aliphatic hydroxyl groups excluding tert-OH is 1. The lowest BCUT2D eigenvalue weighted by atomic mass is 10.00. The van der Waals surface area contributed by atoms with Crippen molar-refractivity contribution in [2.75, 3.05) is 26.7 Å². The van der Waals surface area contributed by atoms with Gasteiger partial charge in [0.2, 0.25) is 15.9 Å². The molecule has 3 atom stereocenters. The maximum Gasteiger partial charge on any atom is 0.259 e. The van der Waals surface area contributed by atoms with E-state index in [1.54, 1.807) is 13.0 Å². The molecular weight excluding hydrogens is 525 g/mol. The van der Waals surface area contributed by atoms with E-state index < -0.39 is 39.5 Å². The van der Waals surface area contributed by atoms with E-state index in [4.69, 9.17) is 4.74 Å². The Morgan fingerprint density at radius 2 is 2.03 bits per heavy atom. The van der Waals surface area contributed by atoms with Crippen molar-refractivity contribution >= 4 is 15.9 Å². The fourth-order valence-corrected chi connectivity index (χ4v) is 6.04. The molecule has 1 aromatic carbocycles. The molecule has 9 nitrogen and oxygen atoms in total. The zero-order chi connectivity index (χ0) is 28.4. The number of fused-ring (bicyclic) bond motifs is 1. The van der Waals surface area contributed by atoms with Crippen LogP contribution in [0.3, 0.4) is 0 Å². The number of carbonyl (C=O) groups excluding carboxylic acids is 1. The van der Waals surface area contributed by atoms with Crippen molar-refractivity contribution in [1.82, 2.24) is 14.2 Å². The molecule has 1 saturated carbocycles. The van der Waals surface area contributed by atoms with Gasteiger partial charge >= 0.3 is 0 Å². The number of likely N-dealkylation sites (N-methyl/N-ethyl adjacent to an activating group) is 1. The first-order valence-electron chi connectivity index (χ1n) is 13.0. The first-order valence-corrected chi connectivity index (χ1v) is 14.4. The fraction of sp³-hybridized carbons (Fsp3) is 0.500. The Bertz CT molecular complexity index is 1380. The largest absolute Gasteiger partial charge is 0.472 e. The monoisotopic (exact) mass is 559 g/mol. The van der Waals surface area contributed by atoms with Crippen molar-refractivity contribution in [3.63, 3.8) is 0 Å². The van der Waals surface area contributed by atoms with E-state index in [0.29, 0.717) is 18.4 Å². The standard InChI is InChI=1S/C28H34FN3O6S/c1-19-16-32(20(2)18-33)27(34)24-13-21(9-12-28(35)10-4-5-11-28)15-30-26(24)38-25(19)17-31(3)39(36,37)23-8-6-7-22(29)14-23/h6-8,13-15,19-20,25,33,35H,4-5,10-11,16-18H2,1-3H3/t19-,20+,25+/m1/s1. The Balaban J connectivity index is 1.67. The number of carbonyl (C=O) groups is 1. The van der Waals surface area contributed by atoms with Crippen molar-refractivity contribution in [3.8, 4) is 17.7 Å². The van der Waals surface area contributed by atoms with E-state index in [1.165, 1.54) is 36.3 Å². The highest BCUT2D eigenvalue weighted by molar-refractivity contribution is 7.89. The van der Waals surface area contributed by atoms with Crippen LogP contribution in [-0.2, 0) is 10.0 Å². The molecule has 0 spiro atoms. The van der Waals surface area contributed by atoms with Crippen LogP contribution in [0.5, 0.6) is 5.88 Å². The molecule has 1 aliphatic carbocycles. The number of ether oxygens (including phenoxy) is 1. The number of halogens is 1. The number of aromatic nitrogens is 1. The zero-order valence-electron chi connectivity index (χ0n) is 22.3. The minimum atomic E-state index is -4.03. The number of aliphatic hydroxyl groups is 2. The van der Waals surface area contributed by atoms with E-state index in [0.717, 1.165) is 23.2 Å². The average Bonchev–Trinajstić information content (AvgIpc) is 3.35. The molecule has 210 valence electrons. The predicted molar refractivity (Wildman–Crippen MR) is 142 cm³/mol. The molecule has 1 amide bonds. The van der Waals surface area contributed by atoms with Crippen LogP contribution in [0.2, 0.25) is 0 Å². The number of hydrogen-bond donors (Lipinski definition) is 2. The molecule has 0 saturated heterocycles. The molecule has 2 heterocycles. The number of hydrogen-bond acceptors (Lipinski definition) is 7. The van der Waals surface area contributed by atoms with E-state index in [2.05, 4.69) is 16.8 Å². The van der Waals surface area contributed by atoms with Gasteiger partial charge in [0.15, 0.2) is 0 Å². The first kappa shape index (κ1) is 29.0. The molecule has 0 bridgehead atoms. The van der Waals surface area contributed by atoms with E-state index in [-0.39, 0.29) is 42.0 Å². The van der Waals surface area contributed by atoms with Crippen molar-refractivity contribution in [1.29, 1.82) is 0 Å². The summed E-state index contributed by atoms with van der Waals surface area (Å²) in [6.45, 7) is 3.37. The van der Waals surface area contributed by atoms with Crippen molar-refractivity contribution in [2.45, 2.75) is 62.2 Å². The molecular formula is C28H34FN3O6S. The van der Waals surface area contributed by atoms with Crippen LogP contribution in [-0.4, -0.2) is 83.2 Å². The van der Waals surface area contributed by atoms with Gasteiger partial charge in [0.05, 0.1) is 24.1 Å². The van der Waals surface area contributed by atoms with Crippen LogP contribution in [0.25, 0.3) is 0 Å². The first-order chi connectivity index (χ1) is 18.4. The lowest BCUT2D eigenvalue weighted by Crippen LogP contribution is -2.50. The van der Waals surface area contributed by atoms with Crippen LogP contribution in [0.4, 0.5) is 4.39 Å². The summed E-state index contributed by atoms with van der Waals surface area (Å²) in [5, 5.41) is 20.4. The highest BCUT2D eigenvalue weighted by atomic mass is 32.2. The molecule has 2 aromatic rings. The number of benzene rings is 1. The average molecular weight is 560 g/mol. The minimum absolute atomic E-state index is 0.0216. The maximum absolute atomic E-state index is 13.7. The van der Waals surface area contributed by atoms with E-state index >= 15 is 0 Å². The number of amides is 1. The normalized spacial score (nSPS) is 21.8. The second kappa shape index (κ2) is 11.6. The second-order valence-electron chi connectivity index (χ2n) is 10.4. The number of sulfonamides is 1. The Morgan fingerprint density at radius 3 is 2.69 bits per heavy atom. The Labute approximate surface area is 228 Å². The van der Waals surface area contributed by atoms with Crippen molar-refractivity contribution in [2.24, 2.45) is 5.92 Å². The Hall–Kier alpha value is -3.04. The molecule has 0 unspecified atom stereocenters. The molecule has 2 aliphatic rings. The van der Waals surface area contributed by atoms with Crippen LogP contribution in [0.15, 0.2) is 41.4 Å². The number of nitrogens with zero attached hydrogens (tertiary/aromatic N) is 3. The maximum atomic E-state index is 13.7. The summed E-state index contributed by atoms with van der Waals surface area (Å²) < 4.78 is 47.3.